The summed E-state index contributed by atoms with van der Waals surface area (Å²) in [6.45, 7) is 0. The molecule has 0 heterocycles. The SMILES string of the molecule is c1ccc2cc3cc4c(cc3cc2c1)C1c2cc3cc5ccccc5cc3cc2C4c2cc3cc4ccccc4cc3cc21. The molecule has 44 heavy (non-hydrogen) atoms. The van der Waals surface area contributed by atoms with Crippen LogP contribution in [0.1, 0.15) is 45.2 Å². The molecule has 202 valence electrons. The topological polar surface area (TPSA) is 0 Å². The quantitative estimate of drug-likeness (QED) is 0.164. The van der Waals surface area contributed by atoms with E-state index in [0.29, 0.717) is 0 Å². The van der Waals surface area contributed by atoms with Crippen molar-refractivity contribution in [2.75, 3.05) is 0 Å². The summed E-state index contributed by atoms with van der Waals surface area (Å²) in [7, 11) is 0. The smallest absolute Gasteiger partial charge is 0.0349 e. The van der Waals surface area contributed by atoms with Gasteiger partial charge in [-0.2, -0.15) is 0 Å². The van der Waals surface area contributed by atoms with E-state index in [1.807, 2.05) is 0 Å². The van der Waals surface area contributed by atoms with E-state index in [2.05, 4.69) is 146 Å². The fourth-order valence-electron chi connectivity index (χ4n) is 8.59. The van der Waals surface area contributed by atoms with Gasteiger partial charge in [-0.25, -0.2) is 0 Å². The van der Waals surface area contributed by atoms with Crippen molar-refractivity contribution in [2.45, 2.75) is 11.8 Å². The van der Waals surface area contributed by atoms with E-state index < -0.39 is 0 Å². The minimum absolute atomic E-state index is 0.211. The van der Waals surface area contributed by atoms with Gasteiger partial charge in [0.05, 0.1) is 0 Å². The molecule has 9 aromatic carbocycles. The normalized spacial score (nSPS) is 16.6. The van der Waals surface area contributed by atoms with Gasteiger partial charge in [0, 0.05) is 11.8 Å². The molecule has 0 saturated carbocycles. The van der Waals surface area contributed by atoms with Crippen LogP contribution in [0.25, 0.3) is 64.6 Å². The van der Waals surface area contributed by atoms with Gasteiger partial charge in [-0.05, 0) is 171 Å². The summed E-state index contributed by atoms with van der Waals surface area (Å²) in [5.41, 5.74) is 8.82. The molecule has 0 aliphatic heterocycles. The monoisotopic (exact) mass is 554 g/mol. The maximum absolute atomic E-state index is 2.51. The molecule has 3 aliphatic rings. The third-order valence-corrected chi connectivity index (χ3v) is 10.6. The Morgan fingerprint density at radius 3 is 0.568 bits per heavy atom. The van der Waals surface area contributed by atoms with Gasteiger partial charge in [-0.1, -0.05) is 72.8 Å². The Morgan fingerprint density at radius 2 is 0.386 bits per heavy atom. The van der Waals surface area contributed by atoms with Crippen molar-refractivity contribution in [1.29, 1.82) is 0 Å². The zero-order valence-electron chi connectivity index (χ0n) is 24.0. The van der Waals surface area contributed by atoms with Crippen molar-refractivity contribution in [3.8, 4) is 0 Å². The van der Waals surface area contributed by atoms with Crippen LogP contribution in [0.4, 0.5) is 0 Å². The standard InChI is InChI=1S/C44H26/c1-2-8-26-14-32-20-38-37(19-31(32)13-25(26)7-1)43-39-21-33-15-27-9-3-5-11-29(27)17-35(33)23-41(39)44(38)42-24-36-18-30-12-6-4-10-28(30)16-34(36)22-40(42)43/h1-24,43-44H. The lowest BCUT2D eigenvalue weighted by Gasteiger charge is -2.43. The largest absolute Gasteiger partial charge is 0.0616 e. The summed E-state index contributed by atoms with van der Waals surface area (Å²) in [5.74, 6) is 0.422. The molecule has 0 radical (unpaired) electrons. The summed E-state index contributed by atoms with van der Waals surface area (Å²) in [4.78, 5) is 0. The number of fused-ring (bicyclic) bond motifs is 6. The zero-order valence-corrected chi connectivity index (χ0v) is 24.0. The predicted molar refractivity (Wildman–Crippen MR) is 186 cm³/mol. The van der Waals surface area contributed by atoms with Gasteiger partial charge in [0.1, 0.15) is 0 Å². The van der Waals surface area contributed by atoms with Gasteiger partial charge in [0.2, 0.25) is 0 Å². The van der Waals surface area contributed by atoms with Crippen molar-refractivity contribution >= 4 is 64.6 Å². The van der Waals surface area contributed by atoms with Gasteiger partial charge in [-0.3, -0.25) is 0 Å². The molecule has 0 N–H and O–H groups in total. The Kier molecular flexibility index (Phi) is 4.26. The van der Waals surface area contributed by atoms with Crippen LogP contribution in [0.2, 0.25) is 0 Å². The minimum atomic E-state index is 0.211. The molecule has 9 aromatic rings. The zero-order chi connectivity index (χ0) is 28.5. The van der Waals surface area contributed by atoms with Gasteiger partial charge < -0.3 is 0 Å². The second-order valence-corrected chi connectivity index (χ2v) is 12.9. The van der Waals surface area contributed by atoms with Crippen LogP contribution in [-0.2, 0) is 0 Å². The molecular weight excluding hydrogens is 528 g/mol. The Labute approximate surface area is 254 Å². The van der Waals surface area contributed by atoms with Crippen molar-refractivity contribution in [3.05, 3.63) is 179 Å². The van der Waals surface area contributed by atoms with Crippen LogP contribution in [0.5, 0.6) is 0 Å². The molecule has 0 unspecified atom stereocenters. The summed E-state index contributed by atoms with van der Waals surface area (Å²) in [6.07, 6.45) is 0. The second-order valence-electron chi connectivity index (χ2n) is 12.9. The average molecular weight is 555 g/mol. The van der Waals surface area contributed by atoms with Crippen LogP contribution >= 0.6 is 0 Å². The Morgan fingerprint density at radius 1 is 0.205 bits per heavy atom. The van der Waals surface area contributed by atoms with E-state index in [1.54, 1.807) is 0 Å². The second kappa shape index (κ2) is 8.13. The van der Waals surface area contributed by atoms with Crippen molar-refractivity contribution in [3.63, 3.8) is 0 Å². The first-order valence-electron chi connectivity index (χ1n) is 15.6. The number of hydrogen-bond donors (Lipinski definition) is 0. The van der Waals surface area contributed by atoms with E-state index in [-0.39, 0.29) is 11.8 Å². The van der Waals surface area contributed by atoms with Crippen LogP contribution in [-0.4, -0.2) is 0 Å². The fraction of sp³-hybridized carbons (Fsp3) is 0.0455. The van der Waals surface area contributed by atoms with E-state index in [0.717, 1.165) is 0 Å². The third kappa shape index (κ3) is 3.02. The molecule has 0 spiro atoms. The maximum Gasteiger partial charge on any atom is 0.0349 e. The highest BCUT2D eigenvalue weighted by Gasteiger charge is 2.42. The highest BCUT2D eigenvalue weighted by atomic mass is 14.4. The van der Waals surface area contributed by atoms with E-state index >= 15 is 0 Å². The van der Waals surface area contributed by atoms with Crippen molar-refractivity contribution in [2.24, 2.45) is 0 Å². The van der Waals surface area contributed by atoms with Crippen molar-refractivity contribution < 1.29 is 0 Å². The van der Waals surface area contributed by atoms with Crippen LogP contribution < -0.4 is 0 Å². The maximum atomic E-state index is 2.51. The van der Waals surface area contributed by atoms with Gasteiger partial charge in [0.25, 0.3) is 0 Å². The first-order valence-corrected chi connectivity index (χ1v) is 15.6. The summed E-state index contributed by atoms with van der Waals surface area (Å²) in [6, 6.07) is 55.6. The average Bonchev–Trinajstić information content (AvgIpc) is 3.06. The molecule has 0 aromatic heterocycles. The van der Waals surface area contributed by atoms with Crippen LogP contribution in [0.15, 0.2) is 146 Å². The van der Waals surface area contributed by atoms with Crippen molar-refractivity contribution in [1.82, 2.24) is 0 Å². The van der Waals surface area contributed by atoms with Crippen LogP contribution in [0.3, 0.4) is 0 Å². The molecule has 3 aliphatic carbocycles. The first kappa shape index (κ1) is 23.1. The summed E-state index contributed by atoms with van der Waals surface area (Å²) >= 11 is 0. The minimum Gasteiger partial charge on any atom is -0.0616 e. The molecule has 0 atom stereocenters. The third-order valence-electron chi connectivity index (χ3n) is 10.6. The predicted octanol–water partition coefficient (Wildman–Crippen LogP) is 11.6. The van der Waals surface area contributed by atoms with E-state index in [1.165, 1.54) is 98.0 Å². The van der Waals surface area contributed by atoms with Gasteiger partial charge in [-0.15, -0.1) is 0 Å². The Hall–Kier alpha value is -5.46. The molecular formula is C44H26. The Balaban J connectivity index is 1.24. The lowest BCUT2D eigenvalue weighted by atomic mass is 9.60. The Bertz CT molecular complexity index is 2240. The molecule has 0 saturated heterocycles. The lowest BCUT2D eigenvalue weighted by molar-refractivity contribution is 0.761. The fourth-order valence-corrected chi connectivity index (χ4v) is 8.59. The lowest BCUT2D eigenvalue weighted by Crippen LogP contribution is -2.27. The molecule has 0 fully saturated rings. The van der Waals surface area contributed by atoms with E-state index in [4.69, 9.17) is 0 Å². The number of rotatable bonds is 0. The van der Waals surface area contributed by atoms with Gasteiger partial charge in [0.15, 0.2) is 0 Å². The summed E-state index contributed by atoms with van der Waals surface area (Å²) in [5, 5.41) is 15.8. The molecule has 12 rings (SSSR count). The van der Waals surface area contributed by atoms with E-state index in [9.17, 15) is 0 Å². The number of benzene rings is 9. The molecule has 2 bridgehead atoms. The molecule has 0 amide bonds. The summed E-state index contributed by atoms with van der Waals surface area (Å²) < 4.78 is 0. The molecule has 0 heteroatoms. The number of hydrogen-bond acceptors (Lipinski definition) is 0. The molecule has 0 nitrogen and oxygen atoms in total. The van der Waals surface area contributed by atoms with Gasteiger partial charge >= 0.3 is 0 Å². The highest BCUT2D eigenvalue weighted by molar-refractivity contribution is 6.03. The van der Waals surface area contributed by atoms with Crippen LogP contribution in [0, 0.1) is 0 Å². The highest BCUT2D eigenvalue weighted by Crippen LogP contribution is 2.58. The first-order chi connectivity index (χ1) is 21.7.